The number of halogens is 1. The molecule has 0 saturated heterocycles. The zero-order valence-corrected chi connectivity index (χ0v) is 16.7. The zero-order chi connectivity index (χ0) is 20.3. The van der Waals surface area contributed by atoms with Crippen molar-refractivity contribution in [3.8, 4) is 11.3 Å². The molecule has 0 fully saturated rings. The lowest BCUT2D eigenvalue weighted by Gasteiger charge is -2.18. The molecule has 0 bridgehead atoms. The largest absolute Gasteiger partial charge is 0.355 e. The van der Waals surface area contributed by atoms with E-state index in [0.29, 0.717) is 30.0 Å². The van der Waals surface area contributed by atoms with Gasteiger partial charge in [-0.3, -0.25) is 4.79 Å². The third-order valence-corrected chi connectivity index (χ3v) is 4.72. The fraction of sp³-hybridized carbons (Fsp3) is 0.304. The summed E-state index contributed by atoms with van der Waals surface area (Å²) in [6, 6.07) is 14.3. The van der Waals surface area contributed by atoms with Gasteiger partial charge in [-0.05, 0) is 42.0 Å². The highest BCUT2D eigenvalue weighted by Crippen LogP contribution is 2.29. The second-order valence-electron chi connectivity index (χ2n) is 7.93. The minimum absolute atomic E-state index is 0.0520. The molecule has 1 heterocycles. The van der Waals surface area contributed by atoms with E-state index in [1.807, 2.05) is 24.3 Å². The third kappa shape index (κ3) is 4.47. The lowest BCUT2D eigenvalue weighted by Crippen LogP contribution is -2.26. The van der Waals surface area contributed by atoms with Crippen LogP contribution in [0, 0.1) is 12.7 Å². The first-order valence-corrected chi connectivity index (χ1v) is 9.35. The summed E-state index contributed by atoms with van der Waals surface area (Å²) in [6.45, 7) is 8.66. The molecule has 1 aromatic heterocycles. The van der Waals surface area contributed by atoms with Crippen LogP contribution in [0.3, 0.4) is 0 Å². The van der Waals surface area contributed by atoms with Crippen LogP contribution in [-0.4, -0.2) is 17.6 Å². The van der Waals surface area contributed by atoms with Gasteiger partial charge < -0.3 is 9.84 Å². The number of aromatic nitrogens is 1. The van der Waals surface area contributed by atoms with E-state index in [-0.39, 0.29) is 17.1 Å². The fourth-order valence-corrected chi connectivity index (χ4v) is 3.02. The summed E-state index contributed by atoms with van der Waals surface area (Å²) in [5, 5.41) is 6.89. The van der Waals surface area contributed by atoms with Crippen molar-refractivity contribution in [3.05, 3.63) is 76.7 Å². The summed E-state index contributed by atoms with van der Waals surface area (Å²) < 4.78 is 18.4. The molecule has 4 nitrogen and oxygen atoms in total. The van der Waals surface area contributed by atoms with Crippen LogP contribution in [0.15, 0.2) is 53.1 Å². The Balaban J connectivity index is 1.73. The Labute approximate surface area is 164 Å². The van der Waals surface area contributed by atoms with Gasteiger partial charge in [0.25, 0.3) is 5.91 Å². The predicted octanol–water partition coefficient (Wildman–Crippen LogP) is 5.06. The third-order valence-electron chi connectivity index (χ3n) is 4.72. The number of carbonyl (C=O) groups is 1. The summed E-state index contributed by atoms with van der Waals surface area (Å²) in [5.74, 6) is -0.0250. The number of aryl methyl sites for hydroxylation is 1. The molecule has 3 rings (SSSR count). The minimum atomic E-state index is -0.269. The highest BCUT2D eigenvalue weighted by molar-refractivity contribution is 6.00. The van der Waals surface area contributed by atoms with Gasteiger partial charge in [-0.15, -0.1) is 0 Å². The summed E-state index contributed by atoms with van der Waals surface area (Å²) >= 11 is 0. The number of carbonyl (C=O) groups excluding carboxylic acids is 1. The number of nitrogens with zero attached hydrogens (tertiary/aromatic N) is 1. The van der Waals surface area contributed by atoms with E-state index in [1.165, 1.54) is 17.7 Å². The monoisotopic (exact) mass is 380 g/mol. The summed E-state index contributed by atoms with van der Waals surface area (Å²) in [5.41, 5.74) is 4.03. The lowest BCUT2D eigenvalue weighted by molar-refractivity contribution is 0.0954. The van der Waals surface area contributed by atoms with Gasteiger partial charge >= 0.3 is 0 Å². The normalized spacial score (nSPS) is 11.5. The molecule has 0 aliphatic rings. The highest BCUT2D eigenvalue weighted by atomic mass is 19.1. The van der Waals surface area contributed by atoms with Crippen molar-refractivity contribution < 1.29 is 13.7 Å². The topological polar surface area (TPSA) is 55.1 Å². The zero-order valence-electron chi connectivity index (χ0n) is 16.7. The molecular formula is C23H25FN2O2. The van der Waals surface area contributed by atoms with Gasteiger partial charge in [-0.2, -0.15) is 0 Å². The number of nitrogens with one attached hydrogen (secondary N) is 1. The standard InChI is InChI=1S/C23H25FN2O2/c1-15-20(22(27)25-14-13-16-5-11-19(24)12-6-16)21(28-26-15)17-7-9-18(10-8-17)23(2,3)4/h5-12H,13-14H2,1-4H3,(H,25,27). The lowest BCUT2D eigenvalue weighted by atomic mass is 9.86. The number of hydrogen-bond acceptors (Lipinski definition) is 3. The highest BCUT2D eigenvalue weighted by Gasteiger charge is 2.22. The van der Waals surface area contributed by atoms with E-state index in [1.54, 1.807) is 19.1 Å². The van der Waals surface area contributed by atoms with Crippen LogP contribution in [0.1, 0.15) is 48.0 Å². The van der Waals surface area contributed by atoms with Gasteiger partial charge in [-0.1, -0.05) is 62.3 Å². The molecule has 1 N–H and O–H groups in total. The van der Waals surface area contributed by atoms with Gasteiger partial charge in [0.05, 0.1) is 5.69 Å². The molecule has 2 aromatic carbocycles. The molecule has 0 radical (unpaired) electrons. The average Bonchev–Trinajstić information content (AvgIpc) is 3.04. The fourth-order valence-electron chi connectivity index (χ4n) is 3.02. The molecule has 0 spiro atoms. The van der Waals surface area contributed by atoms with E-state index >= 15 is 0 Å². The second-order valence-corrected chi connectivity index (χ2v) is 7.93. The maximum atomic E-state index is 13.0. The summed E-state index contributed by atoms with van der Waals surface area (Å²) in [7, 11) is 0. The molecule has 0 saturated carbocycles. The van der Waals surface area contributed by atoms with Gasteiger partial charge in [0.2, 0.25) is 0 Å². The van der Waals surface area contributed by atoms with Crippen molar-refractivity contribution in [3.63, 3.8) is 0 Å². The number of hydrogen-bond donors (Lipinski definition) is 1. The van der Waals surface area contributed by atoms with Crippen LogP contribution in [-0.2, 0) is 11.8 Å². The first-order valence-electron chi connectivity index (χ1n) is 9.35. The quantitative estimate of drug-likeness (QED) is 0.673. The van der Waals surface area contributed by atoms with Crippen molar-refractivity contribution in [2.45, 2.75) is 39.5 Å². The molecule has 0 aliphatic carbocycles. The number of amides is 1. The Morgan fingerprint density at radius 2 is 1.71 bits per heavy atom. The number of rotatable bonds is 5. The van der Waals surface area contributed by atoms with Gasteiger partial charge in [0.15, 0.2) is 5.76 Å². The van der Waals surface area contributed by atoms with Crippen molar-refractivity contribution in [1.82, 2.24) is 10.5 Å². The smallest absolute Gasteiger partial charge is 0.257 e. The average molecular weight is 380 g/mol. The van der Waals surface area contributed by atoms with E-state index in [0.717, 1.165) is 11.1 Å². The molecule has 1 amide bonds. The van der Waals surface area contributed by atoms with Crippen molar-refractivity contribution in [1.29, 1.82) is 0 Å². The minimum Gasteiger partial charge on any atom is -0.355 e. The van der Waals surface area contributed by atoms with Gasteiger partial charge in [0, 0.05) is 12.1 Å². The van der Waals surface area contributed by atoms with Crippen LogP contribution >= 0.6 is 0 Å². The molecule has 0 aliphatic heterocycles. The second kappa shape index (κ2) is 7.97. The maximum Gasteiger partial charge on any atom is 0.257 e. The van der Waals surface area contributed by atoms with E-state index in [2.05, 4.69) is 31.2 Å². The van der Waals surface area contributed by atoms with E-state index in [9.17, 15) is 9.18 Å². The van der Waals surface area contributed by atoms with Crippen LogP contribution in [0.2, 0.25) is 0 Å². The van der Waals surface area contributed by atoms with E-state index in [4.69, 9.17) is 4.52 Å². The van der Waals surface area contributed by atoms with Gasteiger partial charge in [-0.25, -0.2) is 4.39 Å². The Kier molecular flexibility index (Phi) is 5.63. The molecule has 146 valence electrons. The predicted molar refractivity (Wildman–Crippen MR) is 108 cm³/mol. The first-order chi connectivity index (χ1) is 13.3. The molecule has 3 aromatic rings. The maximum absolute atomic E-state index is 13.0. The van der Waals surface area contributed by atoms with Crippen LogP contribution < -0.4 is 5.32 Å². The molecule has 0 unspecified atom stereocenters. The molecule has 5 heteroatoms. The van der Waals surface area contributed by atoms with Crippen LogP contribution in [0.25, 0.3) is 11.3 Å². The van der Waals surface area contributed by atoms with Gasteiger partial charge in [0.1, 0.15) is 11.4 Å². The Morgan fingerprint density at radius 1 is 1.07 bits per heavy atom. The molecular weight excluding hydrogens is 355 g/mol. The molecule has 28 heavy (non-hydrogen) atoms. The summed E-state index contributed by atoms with van der Waals surface area (Å²) in [6.07, 6.45) is 0.617. The van der Waals surface area contributed by atoms with E-state index < -0.39 is 0 Å². The Bertz CT molecular complexity index is 952. The number of benzene rings is 2. The Hall–Kier alpha value is -2.95. The van der Waals surface area contributed by atoms with Crippen LogP contribution in [0.5, 0.6) is 0 Å². The van der Waals surface area contributed by atoms with Crippen molar-refractivity contribution >= 4 is 5.91 Å². The van der Waals surface area contributed by atoms with Crippen molar-refractivity contribution in [2.24, 2.45) is 0 Å². The molecule has 0 atom stereocenters. The summed E-state index contributed by atoms with van der Waals surface area (Å²) in [4.78, 5) is 12.7. The Morgan fingerprint density at radius 3 is 2.32 bits per heavy atom. The first kappa shape index (κ1) is 19.8. The van der Waals surface area contributed by atoms with Crippen LogP contribution in [0.4, 0.5) is 4.39 Å². The SMILES string of the molecule is Cc1noc(-c2ccc(C(C)(C)C)cc2)c1C(=O)NCCc1ccc(F)cc1. The van der Waals surface area contributed by atoms with Crippen molar-refractivity contribution in [2.75, 3.05) is 6.54 Å².